The highest BCUT2D eigenvalue weighted by Crippen LogP contribution is 2.85. The molecule has 1 unspecified atom stereocenters. The van der Waals surface area contributed by atoms with E-state index in [2.05, 4.69) is 25.0 Å². The highest BCUT2D eigenvalue weighted by molar-refractivity contribution is 5.69. The van der Waals surface area contributed by atoms with E-state index in [4.69, 9.17) is 4.52 Å². The third kappa shape index (κ3) is 1.84. The van der Waals surface area contributed by atoms with Gasteiger partial charge in [0.05, 0.1) is 11.7 Å². The highest BCUT2D eigenvalue weighted by atomic mass is 19.1. The van der Waals surface area contributed by atoms with Crippen LogP contribution in [0.3, 0.4) is 0 Å². The maximum atomic E-state index is 13.2. The van der Waals surface area contributed by atoms with Gasteiger partial charge < -0.3 is 14.0 Å². The molecule has 8 rings (SSSR count). The lowest BCUT2D eigenvalue weighted by molar-refractivity contribution is 0.362. The number of benzene rings is 1. The highest BCUT2D eigenvalue weighted by Gasteiger charge is 2.95. The minimum absolute atomic E-state index is 0.0503. The number of hydrogen-bond donors (Lipinski definition) is 0. The van der Waals surface area contributed by atoms with Crippen LogP contribution in [-0.2, 0) is 19.0 Å². The van der Waals surface area contributed by atoms with E-state index in [1.165, 1.54) is 23.0 Å². The molecule has 0 amide bonds. The zero-order valence-electron chi connectivity index (χ0n) is 15.9. The zero-order valence-corrected chi connectivity index (χ0v) is 15.9. The molecule has 1 aromatic carbocycles. The van der Waals surface area contributed by atoms with Gasteiger partial charge in [0.25, 0.3) is 5.56 Å². The molecule has 4 aliphatic rings. The molecule has 5 heterocycles. The first-order chi connectivity index (χ1) is 14.6. The minimum Gasteiger partial charge on any atom is -0.367 e. The van der Waals surface area contributed by atoms with Crippen molar-refractivity contribution in [2.24, 2.45) is 18.9 Å². The molecule has 4 atom stereocenters. The molecule has 9 nitrogen and oxygen atoms in total. The van der Waals surface area contributed by atoms with Crippen molar-refractivity contribution in [2.75, 3.05) is 11.4 Å². The van der Waals surface area contributed by atoms with Crippen molar-refractivity contribution in [2.45, 2.75) is 18.0 Å². The lowest BCUT2D eigenvalue weighted by Gasteiger charge is -2.18. The summed E-state index contributed by atoms with van der Waals surface area (Å²) in [6.07, 6.45) is 3.02. The molecule has 0 N–H and O–H groups in total. The van der Waals surface area contributed by atoms with Crippen LogP contribution in [-0.4, -0.2) is 41.8 Å². The number of fused-ring (bicyclic) bond motifs is 2. The molecule has 2 saturated heterocycles. The molecule has 0 spiro atoms. The number of nitrogens with zero attached hydrogens (tertiary/aromatic N) is 7. The van der Waals surface area contributed by atoms with Crippen molar-refractivity contribution in [1.82, 2.24) is 29.2 Å². The van der Waals surface area contributed by atoms with Gasteiger partial charge in [0.1, 0.15) is 18.7 Å². The average molecular weight is 405 g/mol. The van der Waals surface area contributed by atoms with E-state index in [9.17, 15) is 9.18 Å². The Bertz CT molecular complexity index is 1380. The zero-order chi connectivity index (χ0) is 20.2. The monoisotopic (exact) mass is 405 g/mol. The van der Waals surface area contributed by atoms with Crippen LogP contribution in [0.1, 0.15) is 11.7 Å². The Morgan fingerprint density at radius 2 is 2.03 bits per heavy atom. The van der Waals surface area contributed by atoms with Gasteiger partial charge in [-0.1, -0.05) is 5.16 Å². The van der Waals surface area contributed by atoms with E-state index in [0.717, 1.165) is 12.2 Å². The summed E-state index contributed by atoms with van der Waals surface area (Å²) < 4.78 is 21.8. The van der Waals surface area contributed by atoms with Gasteiger partial charge in [0.15, 0.2) is 17.0 Å². The number of aromatic nitrogens is 6. The molecular weight excluding hydrogens is 389 g/mol. The molecule has 2 saturated carbocycles. The van der Waals surface area contributed by atoms with Crippen molar-refractivity contribution in [1.29, 1.82) is 0 Å². The molecule has 0 radical (unpaired) electrons. The molecule has 4 fully saturated rings. The molecule has 2 aliphatic carbocycles. The van der Waals surface area contributed by atoms with E-state index in [1.807, 2.05) is 12.1 Å². The molecule has 3 aromatic heterocycles. The van der Waals surface area contributed by atoms with Gasteiger partial charge in [0, 0.05) is 31.2 Å². The van der Waals surface area contributed by atoms with E-state index in [1.54, 1.807) is 17.9 Å². The smallest absolute Gasteiger partial charge is 0.280 e. The van der Waals surface area contributed by atoms with E-state index >= 15 is 0 Å². The quantitative estimate of drug-likeness (QED) is 0.502. The molecule has 2 aliphatic heterocycles. The van der Waals surface area contributed by atoms with Gasteiger partial charge in [-0.15, -0.1) is 0 Å². The Morgan fingerprint density at radius 1 is 1.23 bits per heavy atom. The molecule has 30 heavy (non-hydrogen) atoms. The van der Waals surface area contributed by atoms with Crippen molar-refractivity contribution < 1.29 is 8.91 Å². The molecule has 150 valence electrons. The minimum atomic E-state index is -0.232. The van der Waals surface area contributed by atoms with Gasteiger partial charge in [0.2, 0.25) is 5.89 Å². The Balaban J connectivity index is 1.16. The number of aryl methyl sites for hydroxylation is 1. The number of halogens is 1. The van der Waals surface area contributed by atoms with Crippen LogP contribution in [0, 0.1) is 17.7 Å². The average Bonchev–Trinajstić information content (AvgIpc) is 3.21. The van der Waals surface area contributed by atoms with Crippen LogP contribution in [0.15, 0.2) is 46.2 Å². The maximum absolute atomic E-state index is 13.2. The van der Waals surface area contributed by atoms with Gasteiger partial charge in [-0.2, -0.15) is 4.98 Å². The molecular formula is C20H16FN7O2. The fraction of sp³-hybridized carbons (Fsp3) is 0.350. The second kappa shape index (κ2) is 5.13. The van der Waals surface area contributed by atoms with Crippen LogP contribution in [0.4, 0.5) is 10.1 Å². The summed E-state index contributed by atoms with van der Waals surface area (Å²) in [6.45, 7) is 1.09. The van der Waals surface area contributed by atoms with Crippen LogP contribution in [0.5, 0.6) is 0 Å². The van der Waals surface area contributed by atoms with Crippen LogP contribution in [0.2, 0.25) is 0 Å². The fourth-order valence-corrected chi connectivity index (χ4v) is 5.46. The Hall–Kier alpha value is -3.56. The predicted octanol–water partition coefficient (Wildman–Crippen LogP) is 1.09. The second-order valence-electron chi connectivity index (χ2n) is 8.36. The molecule has 4 aromatic rings. The number of hydrogen-bond acceptors (Lipinski definition) is 7. The van der Waals surface area contributed by atoms with Crippen molar-refractivity contribution >= 4 is 16.9 Å². The molecule has 10 heteroatoms. The first-order valence-corrected chi connectivity index (χ1v) is 9.81. The number of anilines is 1. The third-order valence-corrected chi connectivity index (χ3v) is 6.96. The van der Waals surface area contributed by atoms with Gasteiger partial charge in [-0.3, -0.25) is 9.36 Å². The summed E-state index contributed by atoms with van der Waals surface area (Å²) in [6, 6.07) is 6.96. The predicted molar refractivity (Wildman–Crippen MR) is 102 cm³/mol. The van der Waals surface area contributed by atoms with Crippen molar-refractivity contribution in [3.05, 3.63) is 64.8 Å². The summed E-state index contributed by atoms with van der Waals surface area (Å²) >= 11 is 0. The molecule has 2 bridgehead atoms. The Labute approximate surface area is 168 Å². The first-order valence-electron chi connectivity index (χ1n) is 9.81. The topological polar surface area (TPSA) is 94.9 Å². The van der Waals surface area contributed by atoms with E-state index in [-0.39, 0.29) is 23.3 Å². The first kappa shape index (κ1) is 16.3. The lowest BCUT2D eigenvalue weighted by Crippen LogP contribution is -2.23. The summed E-state index contributed by atoms with van der Waals surface area (Å²) in [5, 5.41) is 4.24. The van der Waals surface area contributed by atoms with Gasteiger partial charge in [-0.25, -0.2) is 14.4 Å². The summed E-state index contributed by atoms with van der Waals surface area (Å²) in [5.74, 6) is 1.90. The van der Waals surface area contributed by atoms with Gasteiger partial charge in [-0.05, 0) is 30.2 Å². The second-order valence-corrected chi connectivity index (χ2v) is 8.36. The fourth-order valence-electron chi connectivity index (χ4n) is 5.46. The van der Waals surface area contributed by atoms with Crippen molar-refractivity contribution in [3.63, 3.8) is 0 Å². The Kier molecular flexibility index (Phi) is 2.78. The summed E-state index contributed by atoms with van der Waals surface area (Å²) in [7, 11) is 1.76. The van der Waals surface area contributed by atoms with E-state index < -0.39 is 0 Å². The third-order valence-electron chi connectivity index (χ3n) is 6.96. The van der Waals surface area contributed by atoms with Gasteiger partial charge >= 0.3 is 0 Å². The lowest BCUT2D eigenvalue weighted by atomic mass is 10.1. The van der Waals surface area contributed by atoms with E-state index in [0.29, 0.717) is 40.8 Å². The number of piperidine rings is 1. The Morgan fingerprint density at radius 3 is 2.83 bits per heavy atom. The SMILES string of the molecule is Cn1cnc2ncn(Cc3nc([C@@]45C6[C@H]4[C@H]5CN6c4ccc(F)cc4)no3)c(=O)c21. The normalized spacial score (nSPS) is 28.2. The standard InChI is InChI=1S/C20H16FN7O2/c1-26-8-22-17-15(26)18(29)27(9-23-17)7-13-24-19(25-30-13)20-12-6-28(16(20)14(12)20)11-4-2-10(21)3-5-11/h2-5,8-9,12,14,16H,6-7H2,1H3/t12-,14-,16?,20-/m1/s1. The van der Waals surface area contributed by atoms with Crippen LogP contribution >= 0.6 is 0 Å². The number of rotatable bonds is 4. The summed E-state index contributed by atoms with van der Waals surface area (Å²) in [5.41, 5.74) is 1.63. The van der Waals surface area contributed by atoms with Crippen LogP contribution in [0.25, 0.3) is 11.2 Å². The van der Waals surface area contributed by atoms with Crippen LogP contribution < -0.4 is 10.5 Å². The maximum Gasteiger partial charge on any atom is 0.280 e. The van der Waals surface area contributed by atoms with Crippen molar-refractivity contribution in [3.8, 4) is 0 Å². The number of imidazole rings is 1. The largest absolute Gasteiger partial charge is 0.367 e. The summed E-state index contributed by atoms with van der Waals surface area (Å²) in [4.78, 5) is 28.0.